The molecular weight excluding hydrogens is 442 g/mol. The molecule has 2 aromatic carbocycles. The summed E-state index contributed by atoms with van der Waals surface area (Å²) < 4.78 is 27.2. The predicted octanol–water partition coefficient (Wildman–Crippen LogP) is 4.03. The normalized spacial score (nSPS) is 15.4. The van der Waals surface area contributed by atoms with Gasteiger partial charge in [-0.2, -0.15) is 0 Å². The van der Waals surface area contributed by atoms with E-state index in [2.05, 4.69) is 10.3 Å². The Kier molecular flexibility index (Phi) is 5.60. The van der Waals surface area contributed by atoms with Gasteiger partial charge in [0.05, 0.1) is 23.0 Å². The molecule has 1 unspecified atom stereocenters. The summed E-state index contributed by atoms with van der Waals surface area (Å²) in [7, 11) is 1.54. The quantitative estimate of drug-likeness (QED) is 0.605. The minimum atomic E-state index is -0.636. The molecule has 0 saturated heterocycles. The molecule has 1 atom stereocenters. The van der Waals surface area contributed by atoms with Crippen molar-refractivity contribution < 1.29 is 18.4 Å². The van der Waals surface area contributed by atoms with Crippen LogP contribution in [-0.2, 0) is 11.3 Å². The van der Waals surface area contributed by atoms with Crippen LogP contribution in [0.3, 0.4) is 0 Å². The average molecular weight is 461 g/mol. The Bertz CT molecular complexity index is 1310. The number of fused-ring (bicyclic) bond motifs is 3. The van der Waals surface area contributed by atoms with Crippen molar-refractivity contribution in [1.82, 2.24) is 14.8 Å². The fourth-order valence-corrected chi connectivity index (χ4v) is 4.10. The monoisotopic (exact) mass is 460 g/mol. The lowest BCUT2D eigenvalue weighted by Crippen LogP contribution is -2.46. The SMILES string of the molecule is CC(=O)N1Cc2[nH]c(=O)c3cc(F)ccc3c2C(N(C)C(=O)Nc2ccc(F)c(Cl)c2)C1. The van der Waals surface area contributed by atoms with Crippen LogP contribution in [0.15, 0.2) is 41.2 Å². The second-order valence-electron chi connectivity index (χ2n) is 7.62. The lowest BCUT2D eigenvalue weighted by atomic mass is 9.93. The summed E-state index contributed by atoms with van der Waals surface area (Å²) in [6, 6.07) is 6.52. The van der Waals surface area contributed by atoms with Gasteiger partial charge in [-0.3, -0.25) is 9.59 Å². The third-order valence-electron chi connectivity index (χ3n) is 5.59. The van der Waals surface area contributed by atoms with E-state index in [4.69, 9.17) is 11.6 Å². The molecule has 32 heavy (non-hydrogen) atoms. The van der Waals surface area contributed by atoms with Crippen LogP contribution in [0.25, 0.3) is 10.8 Å². The van der Waals surface area contributed by atoms with Crippen molar-refractivity contribution in [3.8, 4) is 0 Å². The zero-order chi connectivity index (χ0) is 23.2. The number of amides is 3. The number of carbonyl (C=O) groups excluding carboxylic acids is 2. The Morgan fingerprint density at radius 3 is 2.62 bits per heavy atom. The highest BCUT2D eigenvalue weighted by atomic mass is 35.5. The van der Waals surface area contributed by atoms with Gasteiger partial charge in [-0.1, -0.05) is 17.7 Å². The summed E-state index contributed by atoms with van der Waals surface area (Å²) in [5.41, 5.74) is 0.925. The van der Waals surface area contributed by atoms with E-state index in [-0.39, 0.29) is 29.4 Å². The minimum absolute atomic E-state index is 0.137. The highest BCUT2D eigenvalue weighted by molar-refractivity contribution is 6.31. The number of urea groups is 1. The number of rotatable bonds is 2. The van der Waals surface area contributed by atoms with Gasteiger partial charge in [0.1, 0.15) is 11.6 Å². The Labute approximate surface area is 186 Å². The summed E-state index contributed by atoms with van der Waals surface area (Å²) in [6.45, 7) is 1.73. The first-order chi connectivity index (χ1) is 15.2. The van der Waals surface area contributed by atoms with E-state index in [9.17, 15) is 23.2 Å². The molecule has 10 heteroatoms. The Balaban J connectivity index is 1.77. The van der Waals surface area contributed by atoms with E-state index in [0.717, 1.165) is 12.1 Å². The summed E-state index contributed by atoms with van der Waals surface area (Å²) in [4.78, 5) is 43.3. The molecule has 0 radical (unpaired) electrons. The van der Waals surface area contributed by atoms with Gasteiger partial charge in [-0.25, -0.2) is 13.6 Å². The van der Waals surface area contributed by atoms with Crippen LogP contribution in [0.2, 0.25) is 5.02 Å². The van der Waals surface area contributed by atoms with Crippen molar-refractivity contribution in [2.45, 2.75) is 19.5 Å². The Hall–Kier alpha value is -3.46. The number of aromatic amines is 1. The van der Waals surface area contributed by atoms with Crippen molar-refractivity contribution in [2.75, 3.05) is 18.9 Å². The predicted molar refractivity (Wildman–Crippen MR) is 117 cm³/mol. The maximum absolute atomic E-state index is 13.8. The second kappa shape index (κ2) is 8.23. The molecule has 0 bridgehead atoms. The molecule has 0 spiro atoms. The van der Waals surface area contributed by atoms with Gasteiger partial charge in [0.2, 0.25) is 5.91 Å². The molecule has 166 valence electrons. The first kappa shape index (κ1) is 21.8. The summed E-state index contributed by atoms with van der Waals surface area (Å²) in [5, 5.41) is 3.17. The Morgan fingerprint density at radius 1 is 1.19 bits per heavy atom. The van der Waals surface area contributed by atoms with E-state index in [1.165, 1.54) is 41.0 Å². The molecule has 0 saturated carbocycles. The number of H-pyrrole nitrogens is 1. The van der Waals surface area contributed by atoms with E-state index < -0.39 is 29.3 Å². The number of aromatic nitrogens is 1. The largest absolute Gasteiger partial charge is 0.335 e. The minimum Gasteiger partial charge on any atom is -0.335 e. The fraction of sp³-hybridized carbons (Fsp3) is 0.227. The van der Waals surface area contributed by atoms with Gasteiger partial charge in [0.25, 0.3) is 5.56 Å². The lowest BCUT2D eigenvalue weighted by molar-refractivity contribution is -0.130. The van der Waals surface area contributed by atoms with Crippen LogP contribution < -0.4 is 10.9 Å². The van der Waals surface area contributed by atoms with Crippen molar-refractivity contribution in [3.63, 3.8) is 0 Å². The maximum atomic E-state index is 13.8. The molecule has 1 aromatic heterocycles. The molecule has 3 amide bonds. The van der Waals surface area contributed by atoms with Crippen LogP contribution in [0.5, 0.6) is 0 Å². The smallest absolute Gasteiger partial charge is 0.322 e. The average Bonchev–Trinajstić information content (AvgIpc) is 2.75. The molecule has 4 rings (SSSR count). The number of benzene rings is 2. The van der Waals surface area contributed by atoms with Crippen molar-refractivity contribution in [3.05, 3.63) is 74.7 Å². The van der Waals surface area contributed by atoms with Crippen LogP contribution in [0.4, 0.5) is 19.3 Å². The standard InChI is InChI=1S/C22H19ClF2N4O3/c1-11(30)29-9-18-20(14-5-3-12(24)7-15(14)21(31)27-18)19(10-29)28(2)22(32)26-13-4-6-17(25)16(23)8-13/h3-8,19H,9-10H2,1-2H3,(H,26,32)(H,27,31). The molecule has 1 aliphatic rings. The first-order valence-electron chi connectivity index (χ1n) is 9.74. The number of likely N-dealkylation sites (N-methyl/N-ethyl adjacent to an activating group) is 1. The van der Waals surface area contributed by atoms with E-state index in [0.29, 0.717) is 22.3 Å². The Morgan fingerprint density at radius 2 is 1.94 bits per heavy atom. The highest BCUT2D eigenvalue weighted by Crippen LogP contribution is 2.34. The van der Waals surface area contributed by atoms with E-state index in [1.807, 2.05) is 0 Å². The van der Waals surface area contributed by atoms with E-state index >= 15 is 0 Å². The van der Waals surface area contributed by atoms with Crippen LogP contribution in [-0.4, -0.2) is 40.3 Å². The zero-order valence-corrected chi connectivity index (χ0v) is 18.0. The van der Waals surface area contributed by atoms with Crippen LogP contribution >= 0.6 is 11.6 Å². The molecule has 0 fully saturated rings. The molecular formula is C22H19ClF2N4O3. The number of hydrogen-bond acceptors (Lipinski definition) is 3. The van der Waals surface area contributed by atoms with Gasteiger partial charge in [0, 0.05) is 37.5 Å². The molecule has 7 nitrogen and oxygen atoms in total. The third-order valence-corrected chi connectivity index (χ3v) is 5.88. The number of halogens is 3. The topological polar surface area (TPSA) is 85.5 Å². The molecule has 3 aromatic rings. The van der Waals surface area contributed by atoms with Crippen LogP contribution in [0.1, 0.15) is 24.2 Å². The lowest BCUT2D eigenvalue weighted by Gasteiger charge is -2.39. The van der Waals surface area contributed by atoms with Gasteiger partial charge in [-0.05, 0) is 35.7 Å². The number of carbonyl (C=O) groups is 2. The number of pyridine rings is 1. The molecule has 1 aliphatic heterocycles. The fourth-order valence-electron chi connectivity index (χ4n) is 3.92. The van der Waals surface area contributed by atoms with Crippen LogP contribution in [0, 0.1) is 11.6 Å². The molecule has 2 N–H and O–H groups in total. The van der Waals surface area contributed by atoms with E-state index in [1.54, 1.807) is 7.05 Å². The molecule has 2 heterocycles. The number of nitrogens with one attached hydrogen (secondary N) is 2. The second-order valence-corrected chi connectivity index (χ2v) is 8.03. The summed E-state index contributed by atoms with van der Waals surface area (Å²) in [6.07, 6.45) is 0. The highest BCUT2D eigenvalue weighted by Gasteiger charge is 2.34. The van der Waals surface area contributed by atoms with Gasteiger partial charge in [0.15, 0.2) is 0 Å². The summed E-state index contributed by atoms with van der Waals surface area (Å²) in [5.74, 6) is -1.39. The summed E-state index contributed by atoms with van der Waals surface area (Å²) >= 11 is 5.79. The van der Waals surface area contributed by atoms with Crippen molar-refractivity contribution in [1.29, 1.82) is 0 Å². The van der Waals surface area contributed by atoms with Crippen molar-refractivity contribution >= 4 is 40.0 Å². The van der Waals surface area contributed by atoms with Gasteiger partial charge >= 0.3 is 6.03 Å². The number of nitrogens with zero attached hydrogens (tertiary/aromatic N) is 2. The molecule has 0 aliphatic carbocycles. The van der Waals surface area contributed by atoms with Gasteiger partial charge in [-0.15, -0.1) is 0 Å². The third kappa shape index (κ3) is 3.91. The zero-order valence-electron chi connectivity index (χ0n) is 17.2. The maximum Gasteiger partial charge on any atom is 0.322 e. The van der Waals surface area contributed by atoms with Gasteiger partial charge < -0.3 is 20.1 Å². The van der Waals surface area contributed by atoms with Crippen molar-refractivity contribution in [2.24, 2.45) is 0 Å². The number of hydrogen-bond donors (Lipinski definition) is 2. The number of anilines is 1. The first-order valence-corrected chi connectivity index (χ1v) is 10.1.